The molecule has 3 rings (SSSR count). The van der Waals surface area contributed by atoms with Crippen LogP contribution in [0.5, 0.6) is 0 Å². The van der Waals surface area contributed by atoms with Crippen LogP contribution >= 0.6 is 0 Å². The average Bonchev–Trinajstić information content (AvgIpc) is 2.76. The Morgan fingerprint density at radius 1 is 1.35 bits per heavy atom. The zero-order chi connectivity index (χ0) is 14.1. The molecule has 0 spiro atoms. The van der Waals surface area contributed by atoms with Gasteiger partial charge in [0.05, 0.1) is 11.9 Å². The number of carboxylic acids is 1. The molecule has 0 radical (unpaired) electrons. The molecule has 1 aromatic heterocycles. The van der Waals surface area contributed by atoms with Gasteiger partial charge in [-0.05, 0) is 31.9 Å². The SMILES string of the molecule is Nc1cnc(N2CCCN3CCCC3C2)c(C(=O)O)c1. The van der Waals surface area contributed by atoms with Crippen LogP contribution < -0.4 is 10.6 Å². The van der Waals surface area contributed by atoms with Gasteiger partial charge in [0.1, 0.15) is 11.4 Å². The smallest absolute Gasteiger partial charge is 0.339 e. The number of fused-ring (bicyclic) bond motifs is 1. The Balaban J connectivity index is 1.89. The van der Waals surface area contributed by atoms with E-state index < -0.39 is 5.97 Å². The largest absolute Gasteiger partial charge is 0.478 e. The summed E-state index contributed by atoms with van der Waals surface area (Å²) in [6.07, 6.45) is 5.01. The molecule has 2 aliphatic rings. The van der Waals surface area contributed by atoms with Crippen molar-refractivity contribution in [2.24, 2.45) is 0 Å². The van der Waals surface area contributed by atoms with Crippen molar-refractivity contribution in [2.75, 3.05) is 36.8 Å². The predicted molar refractivity (Wildman–Crippen MR) is 77.0 cm³/mol. The van der Waals surface area contributed by atoms with Gasteiger partial charge >= 0.3 is 5.97 Å². The number of rotatable bonds is 2. The molecule has 0 amide bonds. The highest BCUT2D eigenvalue weighted by Crippen LogP contribution is 2.26. The van der Waals surface area contributed by atoms with Crippen LogP contribution in [-0.2, 0) is 0 Å². The van der Waals surface area contributed by atoms with Gasteiger partial charge in [-0.25, -0.2) is 9.78 Å². The first-order valence-electron chi connectivity index (χ1n) is 7.13. The van der Waals surface area contributed by atoms with E-state index in [0.29, 0.717) is 17.5 Å². The van der Waals surface area contributed by atoms with Crippen molar-refractivity contribution in [1.82, 2.24) is 9.88 Å². The van der Waals surface area contributed by atoms with E-state index in [0.717, 1.165) is 26.1 Å². The average molecular weight is 276 g/mol. The second kappa shape index (κ2) is 5.28. The van der Waals surface area contributed by atoms with E-state index in [4.69, 9.17) is 5.73 Å². The molecule has 0 aliphatic carbocycles. The summed E-state index contributed by atoms with van der Waals surface area (Å²) in [4.78, 5) is 20.3. The lowest BCUT2D eigenvalue weighted by molar-refractivity contribution is 0.0697. The zero-order valence-corrected chi connectivity index (χ0v) is 11.5. The first-order valence-corrected chi connectivity index (χ1v) is 7.13. The molecular weight excluding hydrogens is 256 g/mol. The Bertz CT molecular complexity index is 520. The maximum Gasteiger partial charge on any atom is 0.339 e. The zero-order valence-electron chi connectivity index (χ0n) is 11.5. The second-order valence-electron chi connectivity index (χ2n) is 5.58. The van der Waals surface area contributed by atoms with Gasteiger partial charge in [-0.15, -0.1) is 0 Å². The molecule has 6 heteroatoms. The molecule has 3 N–H and O–H groups in total. The Kier molecular flexibility index (Phi) is 3.48. The fourth-order valence-electron chi connectivity index (χ4n) is 3.28. The summed E-state index contributed by atoms with van der Waals surface area (Å²) in [7, 11) is 0. The van der Waals surface area contributed by atoms with Crippen molar-refractivity contribution in [3.63, 3.8) is 0 Å². The minimum atomic E-state index is -0.965. The summed E-state index contributed by atoms with van der Waals surface area (Å²) in [6.45, 7) is 3.97. The van der Waals surface area contributed by atoms with Gasteiger partial charge in [-0.1, -0.05) is 0 Å². The van der Waals surface area contributed by atoms with Crippen molar-refractivity contribution in [1.29, 1.82) is 0 Å². The number of carboxylic acid groups (broad SMARTS) is 1. The van der Waals surface area contributed by atoms with E-state index in [1.54, 1.807) is 6.20 Å². The molecule has 2 fully saturated rings. The van der Waals surface area contributed by atoms with Gasteiger partial charge in [-0.3, -0.25) is 4.90 Å². The van der Waals surface area contributed by atoms with E-state index in [2.05, 4.69) is 14.8 Å². The van der Waals surface area contributed by atoms with Crippen LogP contribution in [0.1, 0.15) is 29.6 Å². The highest BCUT2D eigenvalue weighted by molar-refractivity contribution is 5.94. The standard InChI is InChI=1S/C14H20N4O2/c15-10-7-12(14(19)20)13(16-8-10)18-6-2-5-17-4-1-3-11(17)9-18/h7-8,11H,1-6,9,15H2,(H,19,20). The number of anilines is 2. The summed E-state index contributed by atoms with van der Waals surface area (Å²) in [5, 5.41) is 9.35. The second-order valence-corrected chi connectivity index (χ2v) is 5.58. The molecule has 1 aromatic rings. The monoisotopic (exact) mass is 276 g/mol. The summed E-state index contributed by atoms with van der Waals surface area (Å²) >= 11 is 0. The number of hydrogen-bond donors (Lipinski definition) is 2. The van der Waals surface area contributed by atoms with E-state index in [1.807, 2.05) is 0 Å². The topological polar surface area (TPSA) is 82.7 Å². The third kappa shape index (κ3) is 2.43. The van der Waals surface area contributed by atoms with E-state index in [1.165, 1.54) is 25.5 Å². The fourth-order valence-corrected chi connectivity index (χ4v) is 3.28. The van der Waals surface area contributed by atoms with Crippen molar-refractivity contribution in [3.8, 4) is 0 Å². The summed E-state index contributed by atoms with van der Waals surface area (Å²) in [5.74, 6) is -0.409. The van der Waals surface area contributed by atoms with E-state index in [-0.39, 0.29) is 5.56 Å². The van der Waals surface area contributed by atoms with Crippen molar-refractivity contribution in [3.05, 3.63) is 17.8 Å². The molecule has 2 aliphatic heterocycles. The number of nitrogen functional groups attached to an aromatic ring is 1. The van der Waals surface area contributed by atoms with Crippen LogP contribution in [0.15, 0.2) is 12.3 Å². The maximum atomic E-state index is 11.4. The number of pyridine rings is 1. The van der Waals surface area contributed by atoms with Crippen molar-refractivity contribution < 1.29 is 9.90 Å². The highest BCUT2D eigenvalue weighted by atomic mass is 16.4. The molecule has 1 unspecified atom stereocenters. The van der Waals surface area contributed by atoms with Crippen molar-refractivity contribution in [2.45, 2.75) is 25.3 Å². The molecule has 0 saturated carbocycles. The third-order valence-corrected chi connectivity index (χ3v) is 4.22. The lowest BCUT2D eigenvalue weighted by Gasteiger charge is -2.27. The van der Waals surface area contributed by atoms with Crippen LogP contribution in [0.3, 0.4) is 0 Å². The van der Waals surface area contributed by atoms with Gasteiger partial charge in [0.2, 0.25) is 0 Å². The maximum absolute atomic E-state index is 11.4. The predicted octanol–water partition coefficient (Wildman–Crippen LogP) is 1.04. The van der Waals surface area contributed by atoms with Gasteiger partial charge < -0.3 is 15.7 Å². The van der Waals surface area contributed by atoms with Gasteiger partial charge in [0, 0.05) is 25.7 Å². The Morgan fingerprint density at radius 3 is 2.95 bits per heavy atom. The lowest BCUT2D eigenvalue weighted by atomic mass is 10.2. The molecule has 0 aromatic carbocycles. The Labute approximate surface area is 118 Å². The minimum absolute atomic E-state index is 0.205. The molecule has 1 atom stereocenters. The number of carbonyl (C=O) groups is 1. The summed E-state index contributed by atoms with van der Waals surface area (Å²) in [5.41, 5.74) is 6.26. The van der Waals surface area contributed by atoms with Crippen LogP contribution in [0.25, 0.3) is 0 Å². The molecule has 2 saturated heterocycles. The van der Waals surface area contributed by atoms with Gasteiger partial charge in [0.15, 0.2) is 0 Å². The fraction of sp³-hybridized carbons (Fsp3) is 0.571. The van der Waals surface area contributed by atoms with Gasteiger partial charge in [0.25, 0.3) is 0 Å². The Morgan fingerprint density at radius 2 is 2.15 bits per heavy atom. The first kappa shape index (κ1) is 13.2. The number of nitrogens with zero attached hydrogens (tertiary/aromatic N) is 3. The van der Waals surface area contributed by atoms with Crippen molar-refractivity contribution >= 4 is 17.5 Å². The summed E-state index contributed by atoms with van der Waals surface area (Å²) in [6, 6.07) is 2.03. The lowest BCUT2D eigenvalue weighted by Crippen LogP contribution is -2.37. The molecule has 6 nitrogen and oxygen atoms in total. The molecule has 0 bridgehead atoms. The molecule has 20 heavy (non-hydrogen) atoms. The molecule has 3 heterocycles. The van der Waals surface area contributed by atoms with Crippen LogP contribution in [0.4, 0.5) is 11.5 Å². The van der Waals surface area contributed by atoms with E-state index in [9.17, 15) is 9.90 Å². The van der Waals surface area contributed by atoms with Crippen LogP contribution in [-0.4, -0.2) is 53.2 Å². The minimum Gasteiger partial charge on any atom is -0.478 e. The van der Waals surface area contributed by atoms with Gasteiger partial charge in [-0.2, -0.15) is 0 Å². The van der Waals surface area contributed by atoms with Crippen LogP contribution in [0, 0.1) is 0 Å². The van der Waals surface area contributed by atoms with E-state index >= 15 is 0 Å². The first-order chi connectivity index (χ1) is 9.65. The number of aromatic carboxylic acids is 1. The summed E-state index contributed by atoms with van der Waals surface area (Å²) < 4.78 is 0. The quantitative estimate of drug-likeness (QED) is 0.839. The number of hydrogen-bond acceptors (Lipinski definition) is 5. The third-order valence-electron chi connectivity index (χ3n) is 4.22. The molecular formula is C14H20N4O2. The number of nitrogens with two attached hydrogens (primary N) is 1. The molecule has 108 valence electrons. The van der Waals surface area contributed by atoms with Crippen LogP contribution in [0.2, 0.25) is 0 Å². The normalized spacial score (nSPS) is 23.4. The Hall–Kier alpha value is -1.82. The highest BCUT2D eigenvalue weighted by Gasteiger charge is 2.30. The number of aromatic nitrogens is 1.